The zero-order valence-electron chi connectivity index (χ0n) is 6.63. The number of carbonyl (C=O) groups excluding carboxylic acids is 1. The van der Waals surface area contributed by atoms with Crippen molar-refractivity contribution in [1.82, 2.24) is 0 Å². The standard InChI is InChI=1S/C8H12O3/c1-4-10-6-8(3)11-7(2)5-9/h5H,2-4,6H2,1H3. The predicted octanol–water partition coefficient (Wildman–Crippen LogP) is 1.27. The number of ether oxygens (including phenoxy) is 2. The van der Waals surface area contributed by atoms with E-state index in [2.05, 4.69) is 13.2 Å². The van der Waals surface area contributed by atoms with Crippen LogP contribution in [0, 0.1) is 0 Å². The van der Waals surface area contributed by atoms with Gasteiger partial charge in [0.15, 0.2) is 12.0 Å². The van der Waals surface area contributed by atoms with Crippen LogP contribution in [0.4, 0.5) is 0 Å². The molecule has 0 aliphatic rings. The van der Waals surface area contributed by atoms with E-state index in [0.29, 0.717) is 25.3 Å². The minimum Gasteiger partial charge on any atom is -0.457 e. The van der Waals surface area contributed by atoms with Crippen molar-refractivity contribution in [2.45, 2.75) is 6.92 Å². The lowest BCUT2D eigenvalue weighted by Gasteiger charge is -2.05. The Balaban J connectivity index is 3.52. The van der Waals surface area contributed by atoms with Crippen molar-refractivity contribution in [3.8, 4) is 0 Å². The fourth-order valence-corrected chi connectivity index (χ4v) is 0.455. The molecule has 0 atom stereocenters. The van der Waals surface area contributed by atoms with Gasteiger partial charge in [-0.25, -0.2) is 0 Å². The number of hydrogen-bond acceptors (Lipinski definition) is 3. The molecule has 0 aromatic heterocycles. The summed E-state index contributed by atoms with van der Waals surface area (Å²) in [6.45, 7) is 9.58. The van der Waals surface area contributed by atoms with Crippen LogP contribution < -0.4 is 0 Å². The van der Waals surface area contributed by atoms with Crippen molar-refractivity contribution in [3.63, 3.8) is 0 Å². The fourth-order valence-electron chi connectivity index (χ4n) is 0.455. The molecule has 0 amide bonds. The highest BCUT2D eigenvalue weighted by Gasteiger charge is 1.96. The largest absolute Gasteiger partial charge is 0.457 e. The third-order valence-electron chi connectivity index (χ3n) is 0.874. The van der Waals surface area contributed by atoms with Crippen molar-refractivity contribution in [1.29, 1.82) is 0 Å². The van der Waals surface area contributed by atoms with Crippen LogP contribution in [0.2, 0.25) is 0 Å². The van der Waals surface area contributed by atoms with Gasteiger partial charge in [-0.15, -0.1) is 0 Å². The highest BCUT2D eigenvalue weighted by Crippen LogP contribution is 1.99. The first-order valence-electron chi connectivity index (χ1n) is 3.28. The number of rotatable bonds is 6. The van der Waals surface area contributed by atoms with Gasteiger partial charge in [-0.2, -0.15) is 0 Å². The van der Waals surface area contributed by atoms with Gasteiger partial charge in [-0.3, -0.25) is 4.79 Å². The Morgan fingerprint density at radius 1 is 1.55 bits per heavy atom. The zero-order valence-corrected chi connectivity index (χ0v) is 6.63. The van der Waals surface area contributed by atoms with Crippen LogP contribution in [0.3, 0.4) is 0 Å². The van der Waals surface area contributed by atoms with Gasteiger partial charge in [0.1, 0.15) is 12.4 Å². The quantitative estimate of drug-likeness (QED) is 0.330. The first kappa shape index (κ1) is 9.91. The fraction of sp³-hybridized carbons (Fsp3) is 0.375. The number of aldehydes is 1. The van der Waals surface area contributed by atoms with Crippen LogP contribution in [0.25, 0.3) is 0 Å². The Hall–Kier alpha value is -1.09. The van der Waals surface area contributed by atoms with Crippen LogP contribution in [0.5, 0.6) is 0 Å². The molecule has 0 rings (SSSR count). The number of carbonyl (C=O) groups is 1. The molecule has 0 spiro atoms. The molecule has 62 valence electrons. The van der Waals surface area contributed by atoms with Gasteiger partial charge in [-0.05, 0) is 6.92 Å². The lowest BCUT2D eigenvalue weighted by molar-refractivity contribution is -0.107. The van der Waals surface area contributed by atoms with Gasteiger partial charge >= 0.3 is 0 Å². The summed E-state index contributed by atoms with van der Waals surface area (Å²) in [6.07, 6.45) is 0.525. The van der Waals surface area contributed by atoms with Crippen LogP contribution in [0.15, 0.2) is 24.7 Å². The van der Waals surface area contributed by atoms with Gasteiger partial charge in [0.2, 0.25) is 0 Å². The van der Waals surface area contributed by atoms with E-state index in [1.807, 2.05) is 6.92 Å². The van der Waals surface area contributed by atoms with Gasteiger partial charge < -0.3 is 9.47 Å². The lowest BCUT2D eigenvalue weighted by Crippen LogP contribution is -2.00. The molecule has 0 saturated heterocycles. The van der Waals surface area contributed by atoms with Crippen LogP contribution in [0.1, 0.15) is 6.92 Å². The summed E-state index contributed by atoms with van der Waals surface area (Å²) in [5.74, 6) is 0.443. The third-order valence-corrected chi connectivity index (χ3v) is 0.874. The molecule has 0 fully saturated rings. The molecule has 0 radical (unpaired) electrons. The predicted molar refractivity (Wildman–Crippen MR) is 41.9 cm³/mol. The van der Waals surface area contributed by atoms with Gasteiger partial charge in [0, 0.05) is 6.61 Å². The molecule has 0 aliphatic heterocycles. The van der Waals surface area contributed by atoms with E-state index in [9.17, 15) is 4.79 Å². The second-order valence-electron chi connectivity index (χ2n) is 1.86. The molecule has 0 saturated carbocycles. The molecule has 0 N–H and O–H groups in total. The van der Waals surface area contributed by atoms with E-state index in [1.165, 1.54) is 0 Å². The molecule has 0 bridgehead atoms. The van der Waals surface area contributed by atoms with Gasteiger partial charge in [0.25, 0.3) is 0 Å². The van der Waals surface area contributed by atoms with E-state index in [4.69, 9.17) is 9.47 Å². The summed E-state index contributed by atoms with van der Waals surface area (Å²) < 4.78 is 9.78. The van der Waals surface area contributed by atoms with Crippen molar-refractivity contribution in [2.75, 3.05) is 13.2 Å². The molecule has 0 aromatic rings. The average molecular weight is 156 g/mol. The Kier molecular flexibility index (Phi) is 5.11. The first-order valence-corrected chi connectivity index (χ1v) is 3.28. The van der Waals surface area contributed by atoms with E-state index < -0.39 is 0 Å². The summed E-state index contributed by atoms with van der Waals surface area (Å²) in [5, 5.41) is 0. The molecule has 11 heavy (non-hydrogen) atoms. The molecule has 0 heterocycles. The molecule has 0 unspecified atom stereocenters. The summed E-state index contributed by atoms with van der Waals surface area (Å²) in [4.78, 5) is 10.0. The molecule has 0 aromatic carbocycles. The summed E-state index contributed by atoms with van der Waals surface area (Å²) in [6, 6.07) is 0. The van der Waals surface area contributed by atoms with Crippen LogP contribution >= 0.6 is 0 Å². The van der Waals surface area contributed by atoms with Crippen molar-refractivity contribution >= 4 is 6.29 Å². The highest BCUT2D eigenvalue weighted by atomic mass is 16.5. The second kappa shape index (κ2) is 5.68. The topological polar surface area (TPSA) is 35.5 Å². The Morgan fingerprint density at radius 2 is 2.18 bits per heavy atom. The SMILES string of the molecule is C=C(C=O)OC(=C)COCC. The Bertz CT molecular complexity index is 161. The maximum atomic E-state index is 10.0. The van der Waals surface area contributed by atoms with Crippen molar-refractivity contribution in [2.24, 2.45) is 0 Å². The van der Waals surface area contributed by atoms with Crippen molar-refractivity contribution < 1.29 is 14.3 Å². The van der Waals surface area contributed by atoms with Gasteiger partial charge in [-0.1, -0.05) is 13.2 Å². The maximum Gasteiger partial charge on any atom is 0.184 e. The lowest BCUT2D eigenvalue weighted by atomic mass is 10.5. The smallest absolute Gasteiger partial charge is 0.184 e. The summed E-state index contributed by atoms with van der Waals surface area (Å²) >= 11 is 0. The van der Waals surface area contributed by atoms with E-state index in [1.54, 1.807) is 0 Å². The molecule has 3 nitrogen and oxygen atoms in total. The normalized spacial score (nSPS) is 8.82. The maximum absolute atomic E-state index is 10.0. The highest BCUT2D eigenvalue weighted by molar-refractivity contribution is 5.69. The first-order chi connectivity index (χ1) is 5.20. The number of allylic oxidation sites excluding steroid dienone is 1. The second-order valence-corrected chi connectivity index (χ2v) is 1.86. The van der Waals surface area contributed by atoms with E-state index in [-0.39, 0.29) is 5.76 Å². The summed E-state index contributed by atoms with van der Waals surface area (Å²) in [5.41, 5.74) is 0. The minimum absolute atomic E-state index is 0.0507. The number of hydrogen-bond donors (Lipinski definition) is 0. The molecule has 0 aliphatic carbocycles. The zero-order chi connectivity index (χ0) is 8.69. The Labute approximate surface area is 66.3 Å². The van der Waals surface area contributed by atoms with Crippen LogP contribution in [-0.2, 0) is 14.3 Å². The average Bonchev–Trinajstić information content (AvgIpc) is 2.00. The summed E-state index contributed by atoms with van der Waals surface area (Å²) in [7, 11) is 0. The van der Waals surface area contributed by atoms with E-state index >= 15 is 0 Å². The molecular weight excluding hydrogens is 144 g/mol. The van der Waals surface area contributed by atoms with Crippen molar-refractivity contribution in [3.05, 3.63) is 24.7 Å². The van der Waals surface area contributed by atoms with Crippen LogP contribution in [-0.4, -0.2) is 19.5 Å². The Morgan fingerprint density at radius 3 is 2.64 bits per heavy atom. The molecular formula is C8H12O3. The molecule has 3 heteroatoms. The van der Waals surface area contributed by atoms with Gasteiger partial charge in [0.05, 0.1) is 0 Å². The third kappa shape index (κ3) is 5.36. The van der Waals surface area contributed by atoms with E-state index in [0.717, 1.165) is 0 Å². The monoisotopic (exact) mass is 156 g/mol. The minimum atomic E-state index is 0.0507.